The Hall–Kier alpha value is -2.02. The summed E-state index contributed by atoms with van der Waals surface area (Å²) >= 11 is 9.42. The largest absolute Gasteiger partial charge is 1.00 e. The number of carbonyl (C=O) groups is 1. The monoisotopic (exact) mass is 469 g/mol. The number of hydrogen-bond acceptors (Lipinski definition) is 4. The fourth-order valence-corrected chi connectivity index (χ4v) is 3.15. The molecule has 0 saturated heterocycles. The average molecular weight is 471 g/mol. The first kappa shape index (κ1) is 21.3. The molecule has 27 heavy (non-hydrogen) atoms. The normalized spacial score (nSPS) is 16.0. The molecule has 0 unspecified atom stereocenters. The third kappa shape index (κ3) is 5.03. The summed E-state index contributed by atoms with van der Waals surface area (Å²) in [5.41, 5.74) is 3.06. The van der Waals surface area contributed by atoms with E-state index in [1.54, 1.807) is 12.1 Å². The molecule has 1 aliphatic rings. The lowest BCUT2D eigenvalue weighted by molar-refractivity contribution is -0.502. The molecule has 3 rings (SSSR count). The number of allylic oxidation sites excluding steroid dienone is 1. The van der Waals surface area contributed by atoms with Crippen molar-refractivity contribution in [1.29, 1.82) is 0 Å². The summed E-state index contributed by atoms with van der Waals surface area (Å²) in [6.45, 7) is 1.85. The molecule has 0 radical (unpaired) electrons. The molecule has 0 saturated carbocycles. The summed E-state index contributed by atoms with van der Waals surface area (Å²) < 4.78 is 5.97. The number of halogens is 3. The molecule has 1 atom stereocenters. The highest BCUT2D eigenvalue weighted by Crippen LogP contribution is 2.24. The Morgan fingerprint density at radius 1 is 1.19 bits per heavy atom. The van der Waals surface area contributed by atoms with Gasteiger partial charge in [0, 0.05) is 9.50 Å². The first-order valence-corrected chi connectivity index (χ1v) is 9.12. The molecule has 1 aliphatic heterocycles. The molecular formula is C19H18BrCl2N3O2. The Labute approximate surface area is 177 Å². The second kappa shape index (κ2) is 9.26. The Bertz CT molecular complexity index is 881. The van der Waals surface area contributed by atoms with E-state index in [1.807, 2.05) is 43.3 Å². The number of rotatable bonds is 3. The van der Waals surface area contributed by atoms with Crippen molar-refractivity contribution in [3.8, 4) is 0 Å². The van der Waals surface area contributed by atoms with Crippen LogP contribution in [0.1, 0.15) is 18.5 Å². The Balaban J connectivity index is 0.00000261. The van der Waals surface area contributed by atoms with E-state index in [0.717, 1.165) is 21.4 Å². The molecular weight excluding hydrogens is 453 g/mol. The molecule has 0 amide bonds. The number of ether oxygens (including phenoxy) is 1. The summed E-state index contributed by atoms with van der Waals surface area (Å²) in [7, 11) is 1.38. The maximum Gasteiger partial charge on any atom is 0.353 e. The zero-order chi connectivity index (χ0) is 18.7. The summed E-state index contributed by atoms with van der Waals surface area (Å²) in [6.07, 6.45) is 0. The maximum absolute atomic E-state index is 12.3. The van der Waals surface area contributed by atoms with Gasteiger partial charge < -0.3 is 17.1 Å². The van der Waals surface area contributed by atoms with Gasteiger partial charge >= 0.3 is 11.9 Å². The lowest BCUT2D eigenvalue weighted by atomic mass is 9.96. The molecule has 0 aliphatic carbocycles. The van der Waals surface area contributed by atoms with Crippen molar-refractivity contribution < 1.29 is 26.9 Å². The van der Waals surface area contributed by atoms with E-state index in [-0.39, 0.29) is 24.4 Å². The second-order valence-corrected chi connectivity index (χ2v) is 7.14. The van der Waals surface area contributed by atoms with Crippen LogP contribution in [0.4, 0.5) is 5.69 Å². The molecule has 142 valence electrons. The van der Waals surface area contributed by atoms with Crippen LogP contribution in [-0.2, 0) is 9.53 Å². The topological polar surface area (TPSA) is 64.3 Å². The summed E-state index contributed by atoms with van der Waals surface area (Å²) in [5.74, 6) is 0.294. The predicted octanol–water partition coefficient (Wildman–Crippen LogP) is -0.253. The minimum Gasteiger partial charge on any atom is -1.00 e. The fraction of sp³-hybridized carbons (Fsp3) is 0.158. The van der Waals surface area contributed by atoms with Gasteiger partial charge in [-0.05, 0) is 48.9 Å². The van der Waals surface area contributed by atoms with Gasteiger partial charge in [-0.25, -0.2) is 15.4 Å². The fourth-order valence-electron chi connectivity index (χ4n) is 2.75. The molecule has 5 nitrogen and oxygen atoms in total. The average Bonchev–Trinajstić information content (AvgIpc) is 2.63. The van der Waals surface area contributed by atoms with Gasteiger partial charge in [0.05, 0.1) is 18.5 Å². The van der Waals surface area contributed by atoms with Gasteiger partial charge in [0.15, 0.2) is 0 Å². The van der Waals surface area contributed by atoms with Crippen LogP contribution in [0.5, 0.6) is 0 Å². The quantitative estimate of drug-likeness (QED) is 0.541. The molecule has 1 heterocycles. The first-order chi connectivity index (χ1) is 12.5. The summed E-state index contributed by atoms with van der Waals surface area (Å²) in [6, 6.07) is 14.8. The second-order valence-electron chi connectivity index (χ2n) is 5.79. The van der Waals surface area contributed by atoms with Gasteiger partial charge in [0.1, 0.15) is 11.6 Å². The lowest BCUT2D eigenvalue weighted by Gasteiger charge is -2.22. The predicted molar refractivity (Wildman–Crippen MR) is 106 cm³/mol. The molecule has 2 aromatic rings. The van der Waals surface area contributed by atoms with E-state index < -0.39 is 0 Å². The highest BCUT2D eigenvalue weighted by molar-refractivity contribution is 9.10. The third-order valence-corrected chi connectivity index (χ3v) is 4.80. The number of guanidine groups is 1. The molecule has 0 spiro atoms. The Kier molecular flexibility index (Phi) is 7.30. The van der Waals surface area contributed by atoms with Gasteiger partial charge in [-0.1, -0.05) is 39.7 Å². The van der Waals surface area contributed by atoms with E-state index in [4.69, 9.17) is 16.3 Å². The highest BCUT2D eigenvalue weighted by atomic mass is 79.9. The van der Waals surface area contributed by atoms with Crippen molar-refractivity contribution in [2.45, 2.75) is 13.0 Å². The zero-order valence-corrected chi connectivity index (χ0v) is 17.7. The number of nitrogens with one attached hydrogen (secondary N) is 3. The van der Waals surface area contributed by atoms with Gasteiger partial charge in [0.25, 0.3) is 0 Å². The van der Waals surface area contributed by atoms with Gasteiger partial charge in [-0.3, -0.25) is 4.99 Å². The smallest absolute Gasteiger partial charge is 0.353 e. The van der Waals surface area contributed by atoms with Crippen LogP contribution in [0, 0.1) is 0 Å². The Morgan fingerprint density at radius 2 is 1.81 bits per heavy atom. The molecule has 0 bridgehead atoms. The van der Waals surface area contributed by atoms with Crippen molar-refractivity contribution >= 4 is 45.1 Å². The lowest BCUT2D eigenvalue weighted by Crippen LogP contribution is -3.00. The van der Waals surface area contributed by atoms with Gasteiger partial charge in [-0.2, -0.15) is 0 Å². The molecule has 3 N–H and O–H groups in total. The number of carbonyl (C=O) groups excluding carboxylic acids is 1. The minimum atomic E-state index is -0.384. The van der Waals surface area contributed by atoms with Crippen LogP contribution in [0.2, 0.25) is 5.02 Å². The van der Waals surface area contributed by atoms with Crippen LogP contribution in [0.25, 0.3) is 0 Å². The molecule has 2 aromatic carbocycles. The zero-order valence-electron chi connectivity index (χ0n) is 14.6. The van der Waals surface area contributed by atoms with Gasteiger partial charge in [0.2, 0.25) is 0 Å². The third-order valence-electron chi connectivity index (χ3n) is 4.02. The van der Waals surface area contributed by atoms with E-state index >= 15 is 0 Å². The van der Waals surface area contributed by atoms with E-state index in [1.165, 1.54) is 7.11 Å². The van der Waals surface area contributed by atoms with Crippen LogP contribution in [0.3, 0.4) is 0 Å². The number of hydrogen-bond donors (Lipinski definition) is 3. The SMILES string of the molecule is COC(=O)C1=C(C)NC(Nc2ccc(Br)cc2)=[NH+][C@@H]1c1ccc(Cl)cc1.[Cl-]. The molecule has 0 aromatic heterocycles. The van der Waals surface area contributed by atoms with Crippen molar-refractivity contribution in [1.82, 2.24) is 5.32 Å². The van der Waals surface area contributed by atoms with Crippen molar-refractivity contribution in [3.63, 3.8) is 0 Å². The van der Waals surface area contributed by atoms with Crippen molar-refractivity contribution in [2.75, 3.05) is 12.4 Å². The molecule has 8 heteroatoms. The van der Waals surface area contributed by atoms with E-state index in [0.29, 0.717) is 16.6 Å². The van der Waals surface area contributed by atoms with E-state index in [9.17, 15) is 4.79 Å². The number of anilines is 1. The maximum atomic E-state index is 12.3. The molecule has 0 fully saturated rings. The number of esters is 1. The standard InChI is InChI=1S/C19H17BrClN3O2.ClH/c1-11-16(18(25)26-2)17(12-3-7-14(21)8-4-12)24-19(22-11)23-15-9-5-13(20)6-10-15;/h3-10,17H,1-2H3,(H2,22,23,24);1H/t17-;/m1./s1. The van der Waals surface area contributed by atoms with Crippen molar-refractivity contribution in [3.05, 3.63) is 74.9 Å². The number of methoxy groups -OCH3 is 1. The van der Waals surface area contributed by atoms with Crippen LogP contribution < -0.4 is 28.0 Å². The highest BCUT2D eigenvalue weighted by Gasteiger charge is 2.33. The van der Waals surface area contributed by atoms with E-state index in [2.05, 4.69) is 31.6 Å². The summed E-state index contributed by atoms with van der Waals surface area (Å²) in [4.78, 5) is 15.6. The van der Waals surface area contributed by atoms with Crippen LogP contribution >= 0.6 is 27.5 Å². The minimum absolute atomic E-state index is 0. The first-order valence-electron chi connectivity index (χ1n) is 7.95. The van der Waals surface area contributed by atoms with Crippen LogP contribution in [0.15, 0.2) is 64.3 Å². The van der Waals surface area contributed by atoms with Crippen molar-refractivity contribution in [2.24, 2.45) is 0 Å². The Morgan fingerprint density at radius 3 is 2.41 bits per heavy atom. The number of benzene rings is 2. The van der Waals surface area contributed by atoms with Gasteiger partial charge in [-0.15, -0.1) is 0 Å². The summed E-state index contributed by atoms with van der Waals surface area (Å²) in [5, 5.41) is 7.12. The van der Waals surface area contributed by atoms with Crippen LogP contribution in [-0.4, -0.2) is 19.0 Å².